The molecular formula is C24H32O10. The Bertz CT molecular complexity index is 898. The van der Waals surface area contributed by atoms with Gasteiger partial charge in [0.2, 0.25) is 0 Å². The van der Waals surface area contributed by atoms with Crippen LogP contribution in [0.2, 0.25) is 0 Å². The van der Waals surface area contributed by atoms with Gasteiger partial charge in [-0.05, 0) is 48.3 Å². The molecule has 2 aliphatic carbocycles. The lowest BCUT2D eigenvalue weighted by atomic mass is 9.56. The fourth-order valence-electron chi connectivity index (χ4n) is 8.65. The standard InChI is InChI=1S/C24H32O10/c1-7-12(19-17(21(27)28)16(20(25)26)18(7)33-19)15-10-5-9(6-11(10)24(31-3)32-4)14(15)13-8(2)22(29)34-23(13)30/h7-19,24H,5-6H2,1-4H3,(H,25,26)(H,27,28). The molecule has 13 atom stereocenters. The van der Waals surface area contributed by atoms with E-state index in [4.69, 9.17) is 18.9 Å². The van der Waals surface area contributed by atoms with Crippen molar-refractivity contribution in [1.29, 1.82) is 0 Å². The van der Waals surface area contributed by atoms with Crippen molar-refractivity contribution in [2.24, 2.45) is 65.1 Å². The number of hydrogen-bond donors (Lipinski definition) is 2. The third-order valence-corrected chi connectivity index (χ3v) is 9.72. The molecule has 2 saturated carbocycles. The van der Waals surface area contributed by atoms with Gasteiger partial charge in [0.1, 0.15) is 0 Å². The maximum absolute atomic E-state index is 12.8. The highest BCUT2D eigenvalue weighted by atomic mass is 16.7. The molecule has 5 fully saturated rings. The Kier molecular flexibility index (Phi) is 5.76. The molecule has 10 heteroatoms. The van der Waals surface area contributed by atoms with Crippen molar-refractivity contribution in [2.75, 3.05) is 14.2 Å². The van der Waals surface area contributed by atoms with Gasteiger partial charge >= 0.3 is 23.9 Å². The van der Waals surface area contributed by atoms with Crippen molar-refractivity contribution in [1.82, 2.24) is 0 Å². The number of carboxylic acids is 2. The van der Waals surface area contributed by atoms with E-state index in [0.717, 1.165) is 12.8 Å². The van der Waals surface area contributed by atoms with Gasteiger partial charge in [0.25, 0.3) is 0 Å². The summed E-state index contributed by atoms with van der Waals surface area (Å²) in [5, 5.41) is 19.7. The van der Waals surface area contributed by atoms with Gasteiger partial charge in [-0.1, -0.05) is 13.8 Å². The number of carbonyl (C=O) groups is 4. The van der Waals surface area contributed by atoms with E-state index in [9.17, 15) is 29.4 Å². The summed E-state index contributed by atoms with van der Waals surface area (Å²) in [6, 6.07) is 0. The highest BCUT2D eigenvalue weighted by molar-refractivity contribution is 5.96. The molecule has 188 valence electrons. The molecule has 5 rings (SSSR count). The summed E-state index contributed by atoms with van der Waals surface area (Å²) in [6.07, 6.45) is -0.321. The molecule has 3 heterocycles. The first-order valence-electron chi connectivity index (χ1n) is 12.0. The molecule has 34 heavy (non-hydrogen) atoms. The van der Waals surface area contributed by atoms with Crippen LogP contribution in [0, 0.1) is 65.1 Å². The van der Waals surface area contributed by atoms with E-state index in [1.165, 1.54) is 0 Å². The molecule has 2 N–H and O–H groups in total. The number of carbonyl (C=O) groups excluding carboxylic acids is 2. The summed E-state index contributed by atoms with van der Waals surface area (Å²) < 4.78 is 22.3. The number of carboxylic acid groups (broad SMARTS) is 2. The summed E-state index contributed by atoms with van der Waals surface area (Å²) >= 11 is 0. The van der Waals surface area contributed by atoms with E-state index in [1.807, 2.05) is 6.92 Å². The van der Waals surface area contributed by atoms with E-state index < -0.39 is 66.0 Å². The zero-order chi connectivity index (χ0) is 24.6. The van der Waals surface area contributed by atoms with Gasteiger partial charge in [-0.25, -0.2) is 0 Å². The number of methoxy groups -OCH3 is 2. The Hall–Kier alpha value is -2.04. The third-order valence-electron chi connectivity index (χ3n) is 9.72. The average molecular weight is 481 g/mol. The lowest BCUT2D eigenvalue weighted by Crippen LogP contribution is -2.52. The number of hydrogen-bond acceptors (Lipinski definition) is 8. The smallest absolute Gasteiger partial charge is 0.317 e. The number of esters is 2. The SMILES string of the molecule is COC(OC)C1CC2CC1C(C1C(C)C3OC1C(C(=O)O)C3C(=O)O)C2C1C(=O)OC(=O)C1C. The fourth-order valence-corrected chi connectivity index (χ4v) is 8.65. The van der Waals surface area contributed by atoms with Crippen LogP contribution in [0.25, 0.3) is 0 Å². The first-order valence-corrected chi connectivity index (χ1v) is 12.0. The van der Waals surface area contributed by atoms with Gasteiger partial charge < -0.3 is 29.2 Å². The molecule has 10 nitrogen and oxygen atoms in total. The van der Waals surface area contributed by atoms with Crippen molar-refractivity contribution < 1.29 is 48.3 Å². The van der Waals surface area contributed by atoms with Crippen LogP contribution in [0.15, 0.2) is 0 Å². The summed E-state index contributed by atoms with van der Waals surface area (Å²) in [4.78, 5) is 49.2. The Morgan fingerprint density at radius 1 is 0.912 bits per heavy atom. The van der Waals surface area contributed by atoms with Gasteiger partial charge in [0.05, 0.1) is 35.9 Å². The van der Waals surface area contributed by atoms with Crippen LogP contribution in [0.4, 0.5) is 0 Å². The van der Waals surface area contributed by atoms with Crippen molar-refractivity contribution in [3.05, 3.63) is 0 Å². The van der Waals surface area contributed by atoms with Crippen molar-refractivity contribution in [3.63, 3.8) is 0 Å². The third kappa shape index (κ3) is 3.10. The van der Waals surface area contributed by atoms with E-state index in [-0.39, 0.29) is 41.4 Å². The quantitative estimate of drug-likeness (QED) is 0.310. The molecule has 13 unspecified atom stereocenters. The van der Waals surface area contributed by atoms with Gasteiger partial charge in [-0.15, -0.1) is 0 Å². The molecule has 3 saturated heterocycles. The number of rotatable bonds is 7. The molecule has 0 spiro atoms. The second-order valence-corrected chi connectivity index (χ2v) is 10.8. The predicted octanol–water partition coefficient (Wildman–Crippen LogP) is 1.26. The van der Waals surface area contributed by atoms with Crippen LogP contribution in [0.1, 0.15) is 26.7 Å². The minimum Gasteiger partial charge on any atom is -0.481 e. The minimum atomic E-state index is -1.18. The number of aliphatic carboxylic acids is 2. The molecule has 0 amide bonds. The van der Waals surface area contributed by atoms with Crippen LogP contribution in [0.5, 0.6) is 0 Å². The predicted molar refractivity (Wildman–Crippen MR) is 112 cm³/mol. The maximum Gasteiger partial charge on any atom is 0.317 e. The zero-order valence-electron chi connectivity index (χ0n) is 19.7. The number of cyclic esters (lactones) is 2. The lowest BCUT2D eigenvalue weighted by Gasteiger charge is -2.47. The molecule has 0 radical (unpaired) electrons. The van der Waals surface area contributed by atoms with Crippen molar-refractivity contribution in [3.8, 4) is 0 Å². The van der Waals surface area contributed by atoms with Gasteiger partial charge in [-0.3, -0.25) is 19.2 Å². The highest BCUT2D eigenvalue weighted by Gasteiger charge is 2.70. The fraction of sp³-hybridized carbons (Fsp3) is 0.833. The molecule has 0 aromatic heterocycles. The largest absolute Gasteiger partial charge is 0.481 e. The minimum absolute atomic E-state index is 0.0505. The molecule has 0 aromatic rings. The Morgan fingerprint density at radius 2 is 1.53 bits per heavy atom. The molecular weight excluding hydrogens is 448 g/mol. The summed E-state index contributed by atoms with van der Waals surface area (Å²) in [6.45, 7) is 3.64. The maximum atomic E-state index is 12.8. The van der Waals surface area contributed by atoms with Crippen LogP contribution in [-0.4, -0.2) is 66.8 Å². The monoisotopic (exact) mass is 480 g/mol. The summed E-state index contributed by atoms with van der Waals surface area (Å²) in [5.74, 6) is -7.32. The van der Waals surface area contributed by atoms with E-state index >= 15 is 0 Å². The lowest BCUT2D eigenvalue weighted by molar-refractivity contribution is -0.168. The Morgan fingerprint density at radius 3 is 2.06 bits per heavy atom. The molecule has 3 aliphatic heterocycles. The first kappa shape index (κ1) is 23.7. The molecule has 4 bridgehead atoms. The molecule has 5 aliphatic rings. The van der Waals surface area contributed by atoms with Gasteiger partial charge in [0, 0.05) is 20.1 Å². The Labute approximate surface area is 197 Å². The average Bonchev–Trinajstić information content (AvgIpc) is 3.55. The highest BCUT2D eigenvalue weighted by Crippen LogP contribution is 2.66. The normalized spacial score (nSPS) is 49.3. The summed E-state index contributed by atoms with van der Waals surface area (Å²) in [7, 11) is 3.17. The van der Waals surface area contributed by atoms with E-state index in [1.54, 1.807) is 21.1 Å². The summed E-state index contributed by atoms with van der Waals surface area (Å²) in [5.41, 5.74) is 0. The Balaban J connectivity index is 1.55. The second kappa shape index (κ2) is 8.27. The topological polar surface area (TPSA) is 146 Å². The van der Waals surface area contributed by atoms with Crippen LogP contribution < -0.4 is 0 Å². The zero-order valence-corrected chi connectivity index (χ0v) is 19.7. The van der Waals surface area contributed by atoms with E-state index in [2.05, 4.69) is 0 Å². The molecule has 0 aromatic carbocycles. The van der Waals surface area contributed by atoms with Crippen molar-refractivity contribution in [2.45, 2.75) is 45.2 Å². The number of ether oxygens (including phenoxy) is 4. The van der Waals surface area contributed by atoms with Crippen molar-refractivity contribution >= 4 is 23.9 Å². The second-order valence-electron chi connectivity index (χ2n) is 10.8. The van der Waals surface area contributed by atoms with Crippen LogP contribution >= 0.6 is 0 Å². The van der Waals surface area contributed by atoms with Crippen LogP contribution in [0.3, 0.4) is 0 Å². The first-order chi connectivity index (χ1) is 16.1. The number of fused-ring (bicyclic) bond motifs is 4. The van der Waals surface area contributed by atoms with Crippen LogP contribution in [-0.2, 0) is 38.1 Å². The van der Waals surface area contributed by atoms with Gasteiger partial charge in [-0.2, -0.15) is 0 Å². The van der Waals surface area contributed by atoms with Gasteiger partial charge in [0.15, 0.2) is 6.29 Å². The van der Waals surface area contributed by atoms with E-state index in [0.29, 0.717) is 0 Å².